The molecule has 110 valence electrons. The van der Waals surface area contributed by atoms with Crippen molar-refractivity contribution in [2.45, 2.75) is 12.8 Å². The monoisotopic (exact) mass is 286 g/mol. The average molecular weight is 286 g/mol. The Labute approximate surface area is 122 Å². The van der Waals surface area contributed by atoms with E-state index in [9.17, 15) is 4.79 Å². The number of carbonyl (C=O) groups excluding carboxylic acids is 1. The molecule has 1 atom stereocenters. The van der Waals surface area contributed by atoms with E-state index in [0.29, 0.717) is 22.1 Å². The van der Waals surface area contributed by atoms with Gasteiger partial charge >= 0.3 is 0 Å². The Morgan fingerprint density at radius 3 is 3.14 bits per heavy atom. The molecule has 1 N–H and O–H groups in total. The molecular formula is C14H18N6O. The first-order chi connectivity index (χ1) is 10.2. The Bertz CT molecular complexity index is 703. The number of hydrogen-bond donors (Lipinski definition) is 1. The van der Waals surface area contributed by atoms with Gasteiger partial charge in [0.2, 0.25) is 0 Å². The second-order valence-corrected chi connectivity index (χ2v) is 6.18. The Balaban J connectivity index is 1.58. The summed E-state index contributed by atoms with van der Waals surface area (Å²) in [5.74, 6) is 0.0545. The molecule has 2 saturated heterocycles. The summed E-state index contributed by atoms with van der Waals surface area (Å²) in [6.07, 6.45) is 3.89. The first-order valence-electron chi connectivity index (χ1n) is 7.32. The van der Waals surface area contributed by atoms with Crippen LogP contribution < -0.4 is 5.32 Å². The summed E-state index contributed by atoms with van der Waals surface area (Å²) < 4.78 is 1.61. The summed E-state index contributed by atoms with van der Waals surface area (Å²) in [6.45, 7) is 3.77. The Kier molecular flexibility index (Phi) is 2.72. The van der Waals surface area contributed by atoms with Gasteiger partial charge in [0.1, 0.15) is 5.52 Å². The molecule has 0 aliphatic carbocycles. The highest BCUT2D eigenvalue weighted by Gasteiger charge is 2.42. The number of hydrogen-bond acceptors (Lipinski definition) is 5. The number of pyridine rings is 1. The van der Waals surface area contributed by atoms with Gasteiger partial charge in [0.15, 0.2) is 5.65 Å². The maximum atomic E-state index is 12.6. The predicted molar refractivity (Wildman–Crippen MR) is 76.7 cm³/mol. The van der Waals surface area contributed by atoms with Gasteiger partial charge < -0.3 is 10.2 Å². The first-order valence-corrected chi connectivity index (χ1v) is 7.32. The summed E-state index contributed by atoms with van der Waals surface area (Å²) in [6, 6.07) is 1.79. The summed E-state index contributed by atoms with van der Waals surface area (Å²) in [7, 11) is 1.79. The minimum absolute atomic E-state index is 0.0545. The lowest BCUT2D eigenvalue weighted by Crippen LogP contribution is -2.33. The highest BCUT2D eigenvalue weighted by Crippen LogP contribution is 2.36. The minimum atomic E-state index is 0.0545. The van der Waals surface area contributed by atoms with E-state index in [-0.39, 0.29) is 5.91 Å². The zero-order valence-corrected chi connectivity index (χ0v) is 12.0. The molecule has 4 heterocycles. The van der Waals surface area contributed by atoms with Gasteiger partial charge in [0, 0.05) is 38.3 Å². The number of nitrogens with zero attached hydrogens (tertiary/aromatic N) is 5. The van der Waals surface area contributed by atoms with Crippen LogP contribution in [0.25, 0.3) is 11.2 Å². The quantitative estimate of drug-likeness (QED) is 0.810. The normalized spacial score (nSPS) is 25.3. The molecule has 0 saturated carbocycles. The van der Waals surface area contributed by atoms with Crippen LogP contribution >= 0.6 is 0 Å². The smallest absolute Gasteiger partial charge is 0.255 e. The Morgan fingerprint density at radius 2 is 2.33 bits per heavy atom. The van der Waals surface area contributed by atoms with Crippen molar-refractivity contribution in [2.75, 3.05) is 26.2 Å². The number of fused-ring (bicyclic) bond motifs is 1. The molecule has 4 rings (SSSR count). The SMILES string of the molecule is Cn1nnc2cc(C(=O)N3CCC4(CCNC4)C3)cnc21. The molecular weight excluding hydrogens is 268 g/mol. The van der Waals surface area contributed by atoms with E-state index in [1.165, 1.54) is 0 Å². The minimum Gasteiger partial charge on any atom is -0.338 e. The van der Waals surface area contributed by atoms with Crippen molar-refractivity contribution >= 4 is 17.1 Å². The number of carbonyl (C=O) groups is 1. The number of amides is 1. The second-order valence-electron chi connectivity index (χ2n) is 6.18. The molecule has 2 aromatic rings. The molecule has 1 spiro atoms. The molecule has 2 aliphatic heterocycles. The molecule has 1 unspecified atom stereocenters. The van der Waals surface area contributed by atoms with Crippen LogP contribution in [0, 0.1) is 5.41 Å². The fraction of sp³-hybridized carbons (Fsp3) is 0.571. The van der Waals surface area contributed by atoms with Crippen LogP contribution in [0.5, 0.6) is 0 Å². The molecule has 0 bridgehead atoms. The van der Waals surface area contributed by atoms with Gasteiger partial charge in [0.25, 0.3) is 5.91 Å². The number of aryl methyl sites for hydroxylation is 1. The average Bonchev–Trinajstić information content (AvgIpc) is 3.21. The van der Waals surface area contributed by atoms with Crippen LogP contribution in [0.15, 0.2) is 12.3 Å². The van der Waals surface area contributed by atoms with Crippen LogP contribution in [0.2, 0.25) is 0 Å². The van der Waals surface area contributed by atoms with E-state index in [1.807, 2.05) is 4.90 Å². The molecule has 1 amide bonds. The van der Waals surface area contributed by atoms with Gasteiger partial charge in [-0.15, -0.1) is 5.10 Å². The molecule has 2 aromatic heterocycles. The van der Waals surface area contributed by atoms with E-state index in [2.05, 4.69) is 20.6 Å². The zero-order valence-electron chi connectivity index (χ0n) is 12.0. The van der Waals surface area contributed by atoms with Crippen molar-refractivity contribution in [2.24, 2.45) is 12.5 Å². The topological polar surface area (TPSA) is 75.9 Å². The second kappa shape index (κ2) is 4.49. The van der Waals surface area contributed by atoms with Crippen LogP contribution in [0.3, 0.4) is 0 Å². The third kappa shape index (κ3) is 1.99. The van der Waals surface area contributed by atoms with Crippen molar-refractivity contribution in [3.63, 3.8) is 0 Å². The maximum absolute atomic E-state index is 12.6. The van der Waals surface area contributed by atoms with Crippen molar-refractivity contribution in [1.29, 1.82) is 0 Å². The number of aromatic nitrogens is 4. The van der Waals surface area contributed by atoms with Crippen molar-refractivity contribution < 1.29 is 4.79 Å². The fourth-order valence-corrected chi connectivity index (χ4v) is 3.48. The van der Waals surface area contributed by atoms with Gasteiger partial charge in [-0.25, -0.2) is 9.67 Å². The molecule has 0 radical (unpaired) electrons. The summed E-state index contributed by atoms with van der Waals surface area (Å²) in [5.41, 5.74) is 2.26. The zero-order chi connectivity index (χ0) is 14.4. The summed E-state index contributed by atoms with van der Waals surface area (Å²) in [4.78, 5) is 18.9. The van der Waals surface area contributed by atoms with Crippen LogP contribution in [0.4, 0.5) is 0 Å². The maximum Gasteiger partial charge on any atom is 0.255 e. The lowest BCUT2D eigenvalue weighted by atomic mass is 9.86. The summed E-state index contributed by atoms with van der Waals surface area (Å²) >= 11 is 0. The van der Waals surface area contributed by atoms with E-state index in [1.54, 1.807) is 24.0 Å². The number of nitrogens with one attached hydrogen (secondary N) is 1. The van der Waals surface area contributed by atoms with E-state index in [4.69, 9.17) is 0 Å². The lowest BCUT2D eigenvalue weighted by molar-refractivity contribution is 0.0775. The number of likely N-dealkylation sites (tertiary alicyclic amines) is 1. The first kappa shape index (κ1) is 12.7. The van der Waals surface area contributed by atoms with Gasteiger partial charge in [0.05, 0.1) is 5.56 Å². The van der Waals surface area contributed by atoms with Crippen LogP contribution in [0.1, 0.15) is 23.2 Å². The van der Waals surface area contributed by atoms with Gasteiger partial charge in [-0.2, -0.15) is 0 Å². The lowest BCUT2D eigenvalue weighted by Gasteiger charge is -2.22. The largest absolute Gasteiger partial charge is 0.338 e. The Morgan fingerprint density at radius 1 is 1.43 bits per heavy atom. The van der Waals surface area contributed by atoms with E-state index in [0.717, 1.165) is 39.0 Å². The third-order valence-electron chi connectivity index (χ3n) is 4.74. The van der Waals surface area contributed by atoms with Gasteiger partial charge in [-0.3, -0.25) is 4.79 Å². The molecule has 21 heavy (non-hydrogen) atoms. The van der Waals surface area contributed by atoms with Gasteiger partial charge in [-0.1, -0.05) is 5.21 Å². The van der Waals surface area contributed by atoms with Crippen molar-refractivity contribution in [3.05, 3.63) is 17.8 Å². The third-order valence-corrected chi connectivity index (χ3v) is 4.74. The van der Waals surface area contributed by atoms with Crippen molar-refractivity contribution in [3.8, 4) is 0 Å². The van der Waals surface area contributed by atoms with Crippen LogP contribution in [-0.2, 0) is 7.05 Å². The molecule has 2 fully saturated rings. The Hall–Kier alpha value is -2.02. The predicted octanol–water partition coefficient (Wildman–Crippen LogP) is 0.189. The molecule has 7 heteroatoms. The van der Waals surface area contributed by atoms with Crippen LogP contribution in [-0.4, -0.2) is 57.0 Å². The highest BCUT2D eigenvalue weighted by molar-refractivity contribution is 5.96. The molecule has 0 aromatic carbocycles. The fourth-order valence-electron chi connectivity index (χ4n) is 3.48. The summed E-state index contributed by atoms with van der Waals surface area (Å²) in [5, 5.41) is 11.4. The van der Waals surface area contributed by atoms with E-state index < -0.39 is 0 Å². The van der Waals surface area contributed by atoms with E-state index >= 15 is 0 Å². The number of rotatable bonds is 1. The molecule has 7 nitrogen and oxygen atoms in total. The standard InChI is InChI=1S/C14H18N6O/c1-19-12-11(17-18-19)6-10(7-16-12)13(21)20-5-3-14(9-20)2-4-15-8-14/h6-7,15H,2-5,8-9H2,1H3. The van der Waals surface area contributed by atoms with Gasteiger partial charge in [-0.05, 0) is 25.5 Å². The van der Waals surface area contributed by atoms with Crippen molar-refractivity contribution in [1.82, 2.24) is 30.2 Å². The highest BCUT2D eigenvalue weighted by atomic mass is 16.2. The molecule has 2 aliphatic rings.